The average Bonchev–Trinajstić information content (AvgIpc) is 2.28. The lowest BCUT2D eigenvalue weighted by Gasteiger charge is -2.17. The number of hydrogen-bond donors (Lipinski definition) is 2. The fourth-order valence-corrected chi connectivity index (χ4v) is 2.28. The Hall–Kier alpha value is -0.870. The van der Waals surface area contributed by atoms with Crippen molar-refractivity contribution < 1.29 is 4.79 Å². The Morgan fingerprint density at radius 2 is 2.11 bits per heavy atom. The van der Waals surface area contributed by atoms with Crippen LogP contribution >= 0.6 is 15.9 Å². The van der Waals surface area contributed by atoms with Crippen LogP contribution in [0.15, 0.2) is 28.7 Å². The van der Waals surface area contributed by atoms with E-state index in [0.29, 0.717) is 6.42 Å². The van der Waals surface area contributed by atoms with Crippen LogP contribution in [0.2, 0.25) is 0 Å². The van der Waals surface area contributed by atoms with Crippen molar-refractivity contribution in [1.29, 1.82) is 0 Å². The quantitative estimate of drug-likeness (QED) is 0.847. The van der Waals surface area contributed by atoms with E-state index in [1.54, 1.807) is 0 Å². The number of rotatable bonds is 6. The van der Waals surface area contributed by atoms with E-state index in [9.17, 15) is 4.79 Å². The third-order valence-corrected chi connectivity index (χ3v) is 3.26. The van der Waals surface area contributed by atoms with Crippen LogP contribution in [-0.2, 0) is 4.79 Å². The van der Waals surface area contributed by atoms with Gasteiger partial charge in [-0.2, -0.15) is 0 Å². The van der Waals surface area contributed by atoms with Crippen LogP contribution in [0.25, 0.3) is 0 Å². The highest BCUT2D eigenvalue weighted by Gasteiger charge is 2.12. The molecule has 0 aliphatic heterocycles. The van der Waals surface area contributed by atoms with Gasteiger partial charge < -0.3 is 10.6 Å². The summed E-state index contributed by atoms with van der Waals surface area (Å²) in [6.07, 6.45) is 0.506. The topological polar surface area (TPSA) is 41.1 Å². The standard InChI is InChI=1S/C14H21BrN2O/c1-4-16-10(2)8-14(18)17-11(3)12-6-5-7-13(15)9-12/h5-7,9-11,16H,4,8H2,1-3H3,(H,17,18)/t10?,11-/m0/s1. The van der Waals surface area contributed by atoms with Crippen LogP contribution in [0.4, 0.5) is 0 Å². The summed E-state index contributed by atoms with van der Waals surface area (Å²) in [7, 11) is 0. The van der Waals surface area contributed by atoms with Gasteiger partial charge in [0.2, 0.25) is 5.91 Å². The molecule has 4 heteroatoms. The lowest BCUT2D eigenvalue weighted by Crippen LogP contribution is -2.34. The number of nitrogens with one attached hydrogen (secondary N) is 2. The lowest BCUT2D eigenvalue weighted by atomic mass is 10.1. The fourth-order valence-electron chi connectivity index (χ4n) is 1.86. The van der Waals surface area contributed by atoms with Gasteiger partial charge in [0.25, 0.3) is 0 Å². The van der Waals surface area contributed by atoms with Gasteiger partial charge in [-0.1, -0.05) is 35.0 Å². The molecule has 0 aromatic heterocycles. The molecule has 0 aliphatic carbocycles. The predicted molar refractivity (Wildman–Crippen MR) is 78.5 cm³/mol. The normalized spacial score (nSPS) is 14.0. The highest BCUT2D eigenvalue weighted by Crippen LogP contribution is 2.17. The van der Waals surface area contributed by atoms with Crippen LogP contribution in [0.1, 0.15) is 38.8 Å². The minimum absolute atomic E-state index is 0.0313. The van der Waals surface area contributed by atoms with Gasteiger partial charge in [0.1, 0.15) is 0 Å². The highest BCUT2D eigenvalue weighted by molar-refractivity contribution is 9.10. The van der Waals surface area contributed by atoms with Gasteiger partial charge >= 0.3 is 0 Å². The third-order valence-electron chi connectivity index (χ3n) is 2.77. The van der Waals surface area contributed by atoms with E-state index < -0.39 is 0 Å². The zero-order chi connectivity index (χ0) is 13.5. The average molecular weight is 313 g/mol. The summed E-state index contributed by atoms with van der Waals surface area (Å²) < 4.78 is 1.03. The Morgan fingerprint density at radius 1 is 1.39 bits per heavy atom. The molecule has 18 heavy (non-hydrogen) atoms. The minimum atomic E-state index is 0.0313. The molecule has 1 rings (SSSR count). The molecule has 1 aromatic carbocycles. The summed E-state index contributed by atoms with van der Waals surface area (Å²) in [5.41, 5.74) is 1.11. The fraction of sp³-hybridized carbons (Fsp3) is 0.500. The van der Waals surface area contributed by atoms with E-state index in [2.05, 4.69) is 26.6 Å². The van der Waals surface area contributed by atoms with E-state index in [0.717, 1.165) is 16.6 Å². The maximum absolute atomic E-state index is 11.8. The molecule has 1 aromatic rings. The van der Waals surface area contributed by atoms with E-state index in [1.165, 1.54) is 0 Å². The number of benzene rings is 1. The SMILES string of the molecule is CCNC(C)CC(=O)N[C@@H](C)c1cccc(Br)c1. The van der Waals surface area contributed by atoms with Crippen molar-refractivity contribution in [2.45, 2.75) is 39.3 Å². The molecule has 1 amide bonds. The monoisotopic (exact) mass is 312 g/mol. The molecular weight excluding hydrogens is 292 g/mol. The molecule has 0 spiro atoms. The van der Waals surface area contributed by atoms with Gasteiger partial charge in [-0.15, -0.1) is 0 Å². The smallest absolute Gasteiger partial charge is 0.222 e. The third kappa shape index (κ3) is 5.19. The maximum Gasteiger partial charge on any atom is 0.222 e. The first-order valence-corrected chi connectivity index (χ1v) is 7.10. The number of carbonyl (C=O) groups is 1. The summed E-state index contributed by atoms with van der Waals surface area (Å²) in [6.45, 7) is 6.94. The van der Waals surface area contributed by atoms with Crippen molar-refractivity contribution >= 4 is 21.8 Å². The lowest BCUT2D eigenvalue weighted by molar-refractivity contribution is -0.122. The molecule has 0 saturated heterocycles. The molecule has 100 valence electrons. The van der Waals surface area contributed by atoms with Gasteiger partial charge in [-0.3, -0.25) is 4.79 Å². The van der Waals surface area contributed by atoms with Crippen LogP contribution in [-0.4, -0.2) is 18.5 Å². The molecule has 3 nitrogen and oxygen atoms in total. The Bertz CT molecular complexity index is 395. The van der Waals surface area contributed by atoms with Crippen molar-refractivity contribution in [2.24, 2.45) is 0 Å². The van der Waals surface area contributed by atoms with Gasteiger partial charge in [0, 0.05) is 16.9 Å². The first kappa shape index (κ1) is 15.2. The molecule has 0 saturated carbocycles. The highest BCUT2D eigenvalue weighted by atomic mass is 79.9. The first-order chi connectivity index (χ1) is 8.52. The largest absolute Gasteiger partial charge is 0.350 e. The number of amides is 1. The van der Waals surface area contributed by atoms with Gasteiger partial charge in [0.15, 0.2) is 0 Å². The van der Waals surface area contributed by atoms with Crippen molar-refractivity contribution in [2.75, 3.05) is 6.54 Å². The molecular formula is C14H21BrN2O. The van der Waals surface area contributed by atoms with E-state index in [1.807, 2.05) is 45.0 Å². The summed E-state index contributed by atoms with van der Waals surface area (Å²) in [6, 6.07) is 8.24. The Balaban J connectivity index is 2.49. The second-order valence-electron chi connectivity index (χ2n) is 4.51. The van der Waals surface area contributed by atoms with Gasteiger partial charge in [-0.05, 0) is 38.1 Å². The molecule has 0 fully saturated rings. The molecule has 0 aliphatic rings. The van der Waals surface area contributed by atoms with Gasteiger partial charge in [-0.25, -0.2) is 0 Å². The van der Waals surface area contributed by atoms with Crippen LogP contribution in [0.3, 0.4) is 0 Å². The summed E-state index contributed by atoms with van der Waals surface area (Å²) in [5.74, 6) is 0.0796. The van der Waals surface area contributed by atoms with E-state index in [4.69, 9.17) is 0 Å². The summed E-state index contributed by atoms with van der Waals surface area (Å²) in [4.78, 5) is 11.8. The zero-order valence-electron chi connectivity index (χ0n) is 11.2. The number of halogens is 1. The minimum Gasteiger partial charge on any atom is -0.350 e. The van der Waals surface area contributed by atoms with E-state index in [-0.39, 0.29) is 18.0 Å². The molecule has 0 bridgehead atoms. The summed E-state index contributed by atoms with van der Waals surface area (Å²) >= 11 is 3.43. The zero-order valence-corrected chi connectivity index (χ0v) is 12.8. The van der Waals surface area contributed by atoms with Crippen LogP contribution in [0, 0.1) is 0 Å². The first-order valence-electron chi connectivity index (χ1n) is 6.31. The van der Waals surface area contributed by atoms with Crippen LogP contribution < -0.4 is 10.6 Å². The summed E-state index contributed by atoms with van der Waals surface area (Å²) in [5, 5.41) is 6.24. The van der Waals surface area contributed by atoms with Crippen LogP contribution in [0.5, 0.6) is 0 Å². The second-order valence-corrected chi connectivity index (χ2v) is 5.42. The van der Waals surface area contributed by atoms with Crippen molar-refractivity contribution in [1.82, 2.24) is 10.6 Å². The molecule has 1 unspecified atom stereocenters. The number of hydrogen-bond acceptors (Lipinski definition) is 2. The van der Waals surface area contributed by atoms with Crippen molar-refractivity contribution in [3.05, 3.63) is 34.3 Å². The van der Waals surface area contributed by atoms with E-state index >= 15 is 0 Å². The Kier molecular flexibility index (Phi) is 6.36. The van der Waals surface area contributed by atoms with Gasteiger partial charge in [0.05, 0.1) is 6.04 Å². The van der Waals surface area contributed by atoms with Crippen molar-refractivity contribution in [3.8, 4) is 0 Å². The Morgan fingerprint density at radius 3 is 2.72 bits per heavy atom. The number of carbonyl (C=O) groups excluding carboxylic acids is 1. The Labute approximate surface area is 117 Å². The van der Waals surface area contributed by atoms with Crippen molar-refractivity contribution in [3.63, 3.8) is 0 Å². The maximum atomic E-state index is 11.8. The molecule has 0 radical (unpaired) electrons. The second kappa shape index (κ2) is 7.54. The molecule has 2 atom stereocenters. The predicted octanol–water partition coefficient (Wildman–Crippen LogP) is 3.01. The molecule has 0 heterocycles. The molecule has 2 N–H and O–H groups in total.